The van der Waals surface area contributed by atoms with Gasteiger partial charge in [-0.25, -0.2) is 8.78 Å². The number of nitrogens with one attached hydrogen (secondary N) is 1. The molecule has 0 amide bonds. The first kappa shape index (κ1) is 14.6. The zero-order chi connectivity index (χ0) is 14.5. The fourth-order valence-corrected chi connectivity index (χ4v) is 2.30. The van der Waals surface area contributed by atoms with Crippen LogP contribution >= 0.6 is 0 Å². The zero-order valence-corrected chi connectivity index (χ0v) is 11.4. The normalized spacial score (nSPS) is 12.4. The summed E-state index contributed by atoms with van der Waals surface area (Å²) in [6.45, 7) is 2.02. The van der Waals surface area contributed by atoms with Crippen molar-refractivity contribution in [3.63, 3.8) is 0 Å². The number of hydrogen-bond acceptors (Lipinski definition) is 2. The quantitative estimate of drug-likeness (QED) is 0.649. The molecule has 0 saturated carbocycles. The Labute approximate surface area is 117 Å². The van der Waals surface area contributed by atoms with Gasteiger partial charge in [-0.3, -0.25) is 11.3 Å². The van der Waals surface area contributed by atoms with Gasteiger partial charge in [-0.2, -0.15) is 0 Å². The van der Waals surface area contributed by atoms with E-state index >= 15 is 0 Å². The monoisotopic (exact) mass is 276 g/mol. The molecule has 2 aromatic carbocycles. The van der Waals surface area contributed by atoms with Gasteiger partial charge < -0.3 is 0 Å². The fraction of sp³-hybridized carbons (Fsp3) is 0.250. The maximum atomic E-state index is 13.8. The molecule has 0 spiro atoms. The summed E-state index contributed by atoms with van der Waals surface area (Å²) in [5.41, 5.74) is 5.16. The average molecular weight is 276 g/mol. The smallest absolute Gasteiger partial charge is 0.163 e. The number of halogens is 2. The molecule has 2 aromatic rings. The second-order valence-corrected chi connectivity index (χ2v) is 4.89. The summed E-state index contributed by atoms with van der Waals surface area (Å²) in [4.78, 5) is 0. The fourth-order valence-electron chi connectivity index (χ4n) is 2.30. The van der Waals surface area contributed by atoms with Crippen molar-refractivity contribution in [1.82, 2.24) is 5.43 Å². The minimum absolute atomic E-state index is 0.264. The van der Waals surface area contributed by atoms with Gasteiger partial charge >= 0.3 is 0 Å². The van der Waals surface area contributed by atoms with Crippen LogP contribution < -0.4 is 11.3 Å². The van der Waals surface area contributed by atoms with Crippen molar-refractivity contribution in [2.24, 2.45) is 5.84 Å². The number of hydrazine groups is 1. The Hall–Kier alpha value is -1.78. The van der Waals surface area contributed by atoms with Gasteiger partial charge in [0.15, 0.2) is 11.6 Å². The third kappa shape index (κ3) is 3.40. The second kappa shape index (κ2) is 6.59. The molecule has 0 radical (unpaired) electrons. The summed E-state index contributed by atoms with van der Waals surface area (Å²) >= 11 is 0. The molecule has 1 unspecified atom stereocenters. The van der Waals surface area contributed by atoms with Crippen LogP contribution in [-0.2, 0) is 6.42 Å². The van der Waals surface area contributed by atoms with Crippen LogP contribution in [0.25, 0.3) is 0 Å². The third-order valence-electron chi connectivity index (χ3n) is 3.36. The molecular weight excluding hydrogens is 258 g/mol. The molecule has 0 saturated heterocycles. The van der Waals surface area contributed by atoms with E-state index in [0.29, 0.717) is 6.42 Å². The van der Waals surface area contributed by atoms with Gasteiger partial charge in [0, 0.05) is 11.6 Å². The predicted molar refractivity (Wildman–Crippen MR) is 75.9 cm³/mol. The summed E-state index contributed by atoms with van der Waals surface area (Å²) in [6, 6.07) is 11.8. The molecule has 20 heavy (non-hydrogen) atoms. The molecule has 0 heterocycles. The molecule has 1 atom stereocenters. The Morgan fingerprint density at radius 2 is 1.90 bits per heavy atom. The lowest BCUT2D eigenvalue weighted by atomic mass is 9.98. The van der Waals surface area contributed by atoms with Crippen LogP contribution in [0.5, 0.6) is 0 Å². The minimum Gasteiger partial charge on any atom is -0.271 e. The van der Waals surface area contributed by atoms with Crippen LogP contribution in [0, 0.1) is 18.6 Å². The standard InChI is InChI=1S/C16H18F2N2/c1-11-4-2-5-12(10-11)8-9-15(20-19)13-6-3-7-14(17)16(13)18/h2-7,10,15,20H,8-9,19H2,1H3. The number of hydrogen-bond donors (Lipinski definition) is 2. The maximum absolute atomic E-state index is 13.8. The van der Waals surface area contributed by atoms with Crippen LogP contribution in [0.15, 0.2) is 42.5 Å². The van der Waals surface area contributed by atoms with E-state index in [1.807, 2.05) is 25.1 Å². The summed E-state index contributed by atoms with van der Waals surface area (Å²) in [5.74, 6) is 3.80. The van der Waals surface area contributed by atoms with Crippen LogP contribution in [0.2, 0.25) is 0 Å². The molecule has 3 N–H and O–H groups in total. The molecule has 0 aliphatic carbocycles. The van der Waals surface area contributed by atoms with E-state index in [9.17, 15) is 8.78 Å². The molecule has 106 valence electrons. The van der Waals surface area contributed by atoms with E-state index in [1.54, 1.807) is 6.07 Å². The highest BCUT2D eigenvalue weighted by atomic mass is 19.2. The van der Waals surface area contributed by atoms with Crippen molar-refractivity contribution in [3.05, 3.63) is 70.8 Å². The first-order valence-corrected chi connectivity index (χ1v) is 6.57. The summed E-state index contributed by atoms with van der Waals surface area (Å²) in [5, 5.41) is 0. The summed E-state index contributed by atoms with van der Waals surface area (Å²) in [7, 11) is 0. The lowest BCUT2D eigenvalue weighted by molar-refractivity contribution is 0.452. The number of benzene rings is 2. The molecule has 0 fully saturated rings. The molecular formula is C16H18F2N2. The van der Waals surface area contributed by atoms with Gasteiger partial charge in [-0.05, 0) is 31.4 Å². The van der Waals surface area contributed by atoms with Gasteiger partial charge in [0.25, 0.3) is 0 Å². The van der Waals surface area contributed by atoms with Crippen molar-refractivity contribution >= 4 is 0 Å². The minimum atomic E-state index is -0.849. The highest BCUT2D eigenvalue weighted by Crippen LogP contribution is 2.23. The van der Waals surface area contributed by atoms with Crippen LogP contribution in [0.1, 0.15) is 29.2 Å². The van der Waals surface area contributed by atoms with Gasteiger partial charge in [0.05, 0.1) is 0 Å². The first-order chi connectivity index (χ1) is 9.61. The summed E-state index contributed by atoms with van der Waals surface area (Å²) in [6.07, 6.45) is 1.34. The first-order valence-electron chi connectivity index (χ1n) is 6.57. The van der Waals surface area contributed by atoms with Gasteiger partial charge in [0.2, 0.25) is 0 Å². The Morgan fingerprint density at radius 1 is 1.15 bits per heavy atom. The topological polar surface area (TPSA) is 38.0 Å². The Morgan fingerprint density at radius 3 is 2.60 bits per heavy atom. The number of rotatable bonds is 5. The van der Waals surface area contributed by atoms with Crippen LogP contribution in [-0.4, -0.2) is 0 Å². The predicted octanol–water partition coefficient (Wildman–Crippen LogP) is 3.41. The van der Waals surface area contributed by atoms with Crippen LogP contribution in [0.3, 0.4) is 0 Å². The highest BCUT2D eigenvalue weighted by molar-refractivity contribution is 5.25. The van der Waals surface area contributed by atoms with E-state index in [2.05, 4.69) is 11.5 Å². The van der Waals surface area contributed by atoms with Crippen molar-refractivity contribution in [3.8, 4) is 0 Å². The van der Waals surface area contributed by atoms with E-state index in [4.69, 9.17) is 5.84 Å². The zero-order valence-electron chi connectivity index (χ0n) is 11.4. The maximum Gasteiger partial charge on any atom is 0.163 e. The van der Waals surface area contributed by atoms with Gasteiger partial charge in [0.1, 0.15) is 0 Å². The van der Waals surface area contributed by atoms with E-state index < -0.39 is 17.7 Å². The highest BCUT2D eigenvalue weighted by Gasteiger charge is 2.16. The van der Waals surface area contributed by atoms with Crippen molar-refractivity contribution < 1.29 is 8.78 Å². The molecule has 0 aliphatic rings. The SMILES string of the molecule is Cc1cccc(CCC(NN)c2cccc(F)c2F)c1. The molecule has 0 aliphatic heterocycles. The molecule has 0 aromatic heterocycles. The second-order valence-electron chi connectivity index (χ2n) is 4.89. The molecule has 2 rings (SSSR count). The number of aryl methyl sites for hydroxylation is 2. The summed E-state index contributed by atoms with van der Waals surface area (Å²) < 4.78 is 27.0. The van der Waals surface area contributed by atoms with Crippen molar-refractivity contribution in [1.29, 1.82) is 0 Å². The Bertz CT molecular complexity index is 584. The van der Waals surface area contributed by atoms with E-state index in [-0.39, 0.29) is 5.56 Å². The Kier molecular flexibility index (Phi) is 4.82. The van der Waals surface area contributed by atoms with E-state index in [0.717, 1.165) is 18.1 Å². The Balaban J connectivity index is 2.11. The van der Waals surface area contributed by atoms with Crippen LogP contribution in [0.4, 0.5) is 8.78 Å². The lowest BCUT2D eigenvalue weighted by Gasteiger charge is -2.17. The van der Waals surface area contributed by atoms with E-state index in [1.165, 1.54) is 11.6 Å². The molecule has 4 heteroatoms. The molecule has 0 bridgehead atoms. The number of nitrogens with two attached hydrogens (primary N) is 1. The largest absolute Gasteiger partial charge is 0.271 e. The van der Waals surface area contributed by atoms with Gasteiger partial charge in [-0.15, -0.1) is 0 Å². The van der Waals surface area contributed by atoms with Crippen molar-refractivity contribution in [2.45, 2.75) is 25.8 Å². The molecule has 2 nitrogen and oxygen atoms in total. The third-order valence-corrected chi connectivity index (χ3v) is 3.36. The van der Waals surface area contributed by atoms with Gasteiger partial charge in [-0.1, -0.05) is 42.0 Å². The average Bonchev–Trinajstić information content (AvgIpc) is 2.44. The lowest BCUT2D eigenvalue weighted by Crippen LogP contribution is -2.29. The van der Waals surface area contributed by atoms with Crippen molar-refractivity contribution in [2.75, 3.05) is 0 Å².